The minimum Gasteiger partial charge on any atom is -0.497 e. The van der Waals surface area contributed by atoms with Gasteiger partial charge in [-0.25, -0.2) is 4.98 Å². The second-order valence-electron chi connectivity index (χ2n) is 9.61. The maximum absolute atomic E-state index is 14.0. The summed E-state index contributed by atoms with van der Waals surface area (Å²) in [4.78, 5) is 23.3. The van der Waals surface area contributed by atoms with E-state index in [9.17, 15) is 4.79 Å². The summed E-state index contributed by atoms with van der Waals surface area (Å²) in [6.45, 7) is 3.59. The Morgan fingerprint density at radius 3 is 2.46 bits per heavy atom. The molecule has 8 heteroatoms. The number of rotatable bonds is 9. The fourth-order valence-electron chi connectivity index (χ4n) is 5.23. The van der Waals surface area contributed by atoms with Gasteiger partial charge in [0.25, 0.3) is 5.91 Å². The van der Waals surface area contributed by atoms with Gasteiger partial charge in [-0.15, -0.1) is 0 Å². The first-order valence-electron chi connectivity index (χ1n) is 12.9. The van der Waals surface area contributed by atoms with Crippen LogP contribution >= 0.6 is 0 Å². The SMILES string of the molecule is COc1ccc(C(=O)N(Cc2cc3ccc(OC)cc3nc2N2CCCC2)C[C@@H]2CCCO2)c(OC)c1. The molecule has 0 bridgehead atoms. The zero-order valence-electron chi connectivity index (χ0n) is 21.9. The molecule has 0 unspecified atom stereocenters. The Kier molecular flexibility index (Phi) is 7.65. The highest BCUT2D eigenvalue weighted by atomic mass is 16.5. The van der Waals surface area contributed by atoms with Crippen LogP contribution in [-0.4, -0.2) is 69.5 Å². The van der Waals surface area contributed by atoms with Crippen LogP contribution in [-0.2, 0) is 11.3 Å². The Labute approximate surface area is 218 Å². The Balaban J connectivity index is 1.54. The molecule has 2 fully saturated rings. The summed E-state index contributed by atoms with van der Waals surface area (Å²) in [5.74, 6) is 2.75. The van der Waals surface area contributed by atoms with E-state index in [0.29, 0.717) is 30.2 Å². The largest absolute Gasteiger partial charge is 0.497 e. The van der Waals surface area contributed by atoms with Crippen molar-refractivity contribution < 1.29 is 23.7 Å². The van der Waals surface area contributed by atoms with E-state index in [2.05, 4.69) is 11.0 Å². The molecule has 0 saturated carbocycles. The third-order valence-corrected chi connectivity index (χ3v) is 7.22. The molecule has 2 aliphatic rings. The molecule has 3 heterocycles. The maximum Gasteiger partial charge on any atom is 0.258 e. The molecule has 0 N–H and O–H groups in total. The summed E-state index contributed by atoms with van der Waals surface area (Å²) in [7, 11) is 4.84. The molecule has 5 rings (SSSR count). The lowest BCUT2D eigenvalue weighted by atomic mass is 10.1. The molecule has 2 saturated heterocycles. The number of methoxy groups -OCH3 is 3. The Morgan fingerprint density at radius 2 is 1.76 bits per heavy atom. The van der Waals surface area contributed by atoms with E-state index in [1.165, 1.54) is 0 Å². The van der Waals surface area contributed by atoms with Crippen LogP contribution in [0.25, 0.3) is 10.9 Å². The highest BCUT2D eigenvalue weighted by Gasteiger charge is 2.28. The Morgan fingerprint density at radius 1 is 1.00 bits per heavy atom. The van der Waals surface area contributed by atoms with Gasteiger partial charge in [0.1, 0.15) is 23.1 Å². The molecule has 0 aliphatic carbocycles. The number of nitrogens with zero attached hydrogens (tertiary/aromatic N) is 3. The summed E-state index contributed by atoms with van der Waals surface area (Å²) in [6, 6.07) is 13.4. The van der Waals surface area contributed by atoms with Crippen molar-refractivity contribution in [3.8, 4) is 17.2 Å². The summed E-state index contributed by atoms with van der Waals surface area (Å²) in [5.41, 5.74) is 2.42. The van der Waals surface area contributed by atoms with E-state index in [4.69, 9.17) is 23.9 Å². The molecule has 37 heavy (non-hydrogen) atoms. The van der Waals surface area contributed by atoms with Crippen molar-refractivity contribution in [2.24, 2.45) is 0 Å². The van der Waals surface area contributed by atoms with Gasteiger partial charge < -0.3 is 28.7 Å². The van der Waals surface area contributed by atoms with Gasteiger partial charge in [0, 0.05) is 55.9 Å². The third kappa shape index (κ3) is 5.44. The molecule has 2 aliphatic heterocycles. The Bertz CT molecular complexity index is 1250. The first-order chi connectivity index (χ1) is 18.1. The van der Waals surface area contributed by atoms with Gasteiger partial charge in [-0.3, -0.25) is 4.79 Å². The average molecular weight is 506 g/mol. The lowest BCUT2D eigenvalue weighted by Gasteiger charge is -2.29. The number of carbonyl (C=O) groups is 1. The molecular weight excluding hydrogens is 470 g/mol. The minimum absolute atomic E-state index is 0.0149. The van der Waals surface area contributed by atoms with Crippen LogP contribution in [0.15, 0.2) is 42.5 Å². The number of benzene rings is 2. The van der Waals surface area contributed by atoms with Crippen molar-refractivity contribution >= 4 is 22.6 Å². The molecule has 2 aromatic carbocycles. The van der Waals surface area contributed by atoms with Crippen LogP contribution in [0.4, 0.5) is 5.82 Å². The maximum atomic E-state index is 14.0. The minimum atomic E-state index is -0.0998. The molecule has 1 amide bonds. The zero-order chi connectivity index (χ0) is 25.8. The Hall–Kier alpha value is -3.52. The van der Waals surface area contributed by atoms with E-state index >= 15 is 0 Å². The summed E-state index contributed by atoms with van der Waals surface area (Å²) >= 11 is 0. The number of carbonyl (C=O) groups excluding carboxylic acids is 1. The predicted molar refractivity (Wildman–Crippen MR) is 143 cm³/mol. The van der Waals surface area contributed by atoms with Crippen LogP contribution < -0.4 is 19.1 Å². The molecule has 1 atom stereocenters. The van der Waals surface area contributed by atoms with Crippen molar-refractivity contribution in [2.75, 3.05) is 52.5 Å². The zero-order valence-corrected chi connectivity index (χ0v) is 21.9. The first kappa shape index (κ1) is 25.1. The fraction of sp³-hybridized carbons (Fsp3) is 0.448. The topological polar surface area (TPSA) is 73.4 Å². The monoisotopic (exact) mass is 505 g/mol. The number of anilines is 1. The lowest BCUT2D eigenvalue weighted by Crippen LogP contribution is -2.37. The third-order valence-electron chi connectivity index (χ3n) is 7.22. The summed E-state index contributed by atoms with van der Waals surface area (Å²) in [6.07, 6.45) is 4.24. The molecule has 3 aromatic rings. The van der Waals surface area contributed by atoms with Crippen LogP contribution in [0.3, 0.4) is 0 Å². The van der Waals surface area contributed by atoms with E-state index in [1.807, 2.05) is 23.1 Å². The van der Waals surface area contributed by atoms with Gasteiger partial charge in [0.05, 0.1) is 38.5 Å². The van der Waals surface area contributed by atoms with Gasteiger partial charge in [0.15, 0.2) is 0 Å². The number of fused-ring (bicyclic) bond motifs is 1. The molecule has 196 valence electrons. The highest BCUT2D eigenvalue weighted by molar-refractivity contribution is 5.97. The molecule has 0 radical (unpaired) electrons. The number of hydrogen-bond acceptors (Lipinski definition) is 7. The van der Waals surface area contributed by atoms with E-state index in [-0.39, 0.29) is 12.0 Å². The molecule has 1 aromatic heterocycles. The first-order valence-corrected chi connectivity index (χ1v) is 12.9. The number of aromatic nitrogens is 1. The van der Waals surface area contributed by atoms with Gasteiger partial charge in [-0.2, -0.15) is 0 Å². The van der Waals surface area contributed by atoms with Crippen molar-refractivity contribution in [3.63, 3.8) is 0 Å². The standard InChI is InChI=1S/C29H35N3O5/c1-34-22-9-8-20-15-21(28(30-26(20)16-22)31-12-4-5-13-31)18-32(19-24-7-6-14-37-24)29(33)25-11-10-23(35-2)17-27(25)36-3/h8-11,15-17,24H,4-7,12-14,18-19H2,1-3H3/t24-/m0/s1. The van der Waals surface area contributed by atoms with Gasteiger partial charge in [-0.1, -0.05) is 0 Å². The van der Waals surface area contributed by atoms with E-state index in [1.54, 1.807) is 39.5 Å². The van der Waals surface area contributed by atoms with E-state index < -0.39 is 0 Å². The summed E-state index contributed by atoms with van der Waals surface area (Å²) < 4.78 is 22.3. The van der Waals surface area contributed by atoms with Crippen molar-refractivity contribution in [3.05, 3.63) is 53.6 Å². The number of amides is 1. The highest BCUT2D eigenvalue weighted by Crippen LogP contribution is 2.32. The van der Waals surface area contributed by atoms with E-state index in [0.717, 1.165) is 73.4 Å². The van der Waals surface area contributed by atoms with Crippen LogP contribution in [0.2, 0.25) is 0 Å². The average Bonchev–Trinajstić information content (AvgIpc) is 3.66. The van der Waals surface area contributed by atoms with Gasteiger partial charge in [0.2, 0.25) is 0 Å². The number of hydrogen-bond donors (Lipinski definition) is 0. The number of pyridine rings is 1. The quantitative estimate of drug-likeness (QED) is 0.418. The smallest absolute Gasteiger partial charge is 0.258 e. The summed E-state index contributed by atoms with van der Waals surface area (Å²) in [5, 5.41) is 1.02. The molecular formula is C29H35N3O5. The molecule has 0 spiro atoms. The lowest BCUT2D eigenvalue weighted by molar-refractivity contribution is 0.0505. The second kappa shape index (κ2) is 11.3. The predicted octanol–water partition coefficient (Wildman–Crippen LogP) is 4.68. The van der Waals surface area contributed by atoms with Crippen LogP contribution in [0.1, 0.15) is 41.6 Å². The number of ether oxygens (including phenoxy) is 4. The molecule has 8 nitrogen and oxygen atoms in total. The van der Waals surface area contributed by atoms with Crippen molar-refractivity contribution in [2.45, 2.75) is 38.3 Å². The van der Waals surface area contributed by atoms with Crippen LogP contribution in [0, 0.1) is 0 Å². The van der Waals surface area contributed by atoms with Gasteiger partial charge in [-0.05, 0) is 56.0 Å². The second-order valence-corrected chi connectivity index (χ2v) is 9.61. The van der Waals surface area contributed by atoms with Crippen molar-refractivity contribution in [1.29, 1.82) is 0 Å². The fourth-order valence-corrected chi connectivity index (χ4v) is 5.23. The normalized spacial score (nSPS) is 17.3. The van der Waals surface area contributed by atoms with Crippen LogP contribution in [0.5, 0.6) is 17.2 Å². The van der Waals surface area contributed by atoms with Crippen molar-refractivity contribution in [1.82, 2.24) is 9.88 Å². The van der Waals surface area contributed by atoms with Gasteiger partial charge >= 0.3 is 0 Å².